The Morgan fingerprint density at radius 1 is 0.929 bits per heavy atom. The third kappa shape index (κ3) is 2.94. The Labute approximate surface area is 161 Å². The highest BCUT2D eigenvalue weighted by molar-refractivity contribution is 5.96. The molecule has 2 aromatic carbocycles. The van der Waals surface area contributed by atoms with Crippen molar-refractivity contribution in [2.45, 2.75) is 19.6 Å². The first-order valence-corrected chi connectivity index (χ1v) is 9.15. The molecule has 3 heterocycles. The number of hydrogen-bond acceptors (Lipinski definition) is 3. The third-order valence-electron chi connectivity index (χ3n) is 5.27. The number of benzene rings is 2. The highest BCUT2D eigenvalue weighted by atomic mass is 19.1. The second kappa shape index (κ2) is 6.77. The maximum absolute atomic E-state index is 14.9. The molecule has 5 heteroatoms. The molecule has 138 valence electrons. The van der Waals surface area contributed by atoms with Gasteiger partial charge in [0.25, 0.3) is 0 Å². The summed E-state index contributed by atoms with van der Waals surface area (Å²) in [7, 11) is 0. The highest BCUT2D eigenvalue weighted by Gasteiger charge is 2.23. The maximum atomic E-state index is 14.9. The lowest BCUT2D eigenvalue weighted by atomic mass is 9.98. The van der Waals surface area contributed by atoms with E-state index >= 15 is 0 Å². The molecule has 5 rings (SSSR count). The van der Waals surface area contributed by atoms with Crippen molar-refractivity contribution in [3.63, 3.8) is 0 Å². The zero-order valence-electron chi connectivity index (χ0n) is 15.1. The van der Waals surface area contributed by atoms with Crippen molar-refractivity contribution >= 4 is 10.8 Å². The number of pyridine rings is 2. The lowest BCUT2D eigenvalue weighted by Crippen LogP contribution is -2.18. The Morgan fingerprint density at radius 2 is 1.79 bits per heavy atom. The molecular formula is C23H17F2N3. The van der Waals surface area contributed by atoms with Crippen LogP contribution in [0.5, 0.6) is 0 Å². The van der Waals surface area contributed by atoms with Gasteiger partial charge in [-0.3, -0.25) is 14.9 Å². The second-order valence-corrected chi connectivity index (χ2v) is 7.08. The molecule has 0 radical (unpaired) electrons. The first-order valence-electron chi connectivity index (χ1n) is 9.15. The number of nitrogens with zero attached hydrogens (tertiary/aromatic N) is 3. The summed E-state index contributed by atoms with van der Waals surface area (Å²) in [6, 6.07) is 14.3. The van der Waals surface area contributed by atoms with E-state index in [4.69, 9.17) is 0 Å². The number of fused-ring (bicyclic) bond motifs is 2. The fourth-order valence-electron chi connectivity index (χ4n) is 3.89. The third-order valence-corrected chi connectivity index (χ3v) is 5.27. The van der Waals surface area contributed by atoms with E-state index in [0.29, 0.717) is 18.7 Å². The summed E-state index contributed by atoms with van der Waals surface area (Å²) < 4.78 is 29.8. The molecule has 0 spiro atoms. The van der Waals surface area contributed by atoms with Gasteiger partial charge < -0.3 is 0 Å². The average Bonchev–Trinajstić information content (AvgIpc) is 3.13. The summed E-state index contributed by atoms with van der Waals surface area (Å²) in [5, 5.41) is 1.86. The largest absolute Gasteiger partial charge is 0.289 e. The van der Waals surface area contributed by atoms with Crippen LogP contribution in [0.3, 0.4) is 0 Å². The average molecular weight is 373 g/mol. The van der Waals surface area contributed by atoms with Gasteiger partial charge in [0, 0.05) is 49.2 Å². The number of rotatable bonds is 3. The van der Waals surface area contributed by atoms with Crippen LogP contribution in [0, 0.1) is 11.6 Å². The molecule has 2 aromatic heterocycles. The topological polar surface area (TPSA) is 29.0 Å². The molecule has 28 heavy (non-hydrogen) atoms. The molecular weight excluding hydrogens is 356 g/mol. The van der Waals surface area contributed by atoms with Crippen LogP contribution < -0.4 is 0 Å². The molecule has 0 saturated heterocycles. The fraction of sp³-hybridized carbons (Fsp3) is 0.130. The Kier molecular flexibility index (Phi) is 4.10. The minimum atomic E-state index is -0.523. The summed E-state index contributed by atoms with van der Waals surface area (Å²) in [6.07, 6.45) is 5.18. The van der Waals surface area contributed by atoms with Crippen molar-refractivity contribution in [3.8, 4) is 11.1 Å². The second-order valence-electron chi connectivity index (χ2n) is 7.08. The van der Waals surface area contributed by atoms with E-state index in [0.717, 1.165) is 27.6 Å². The van der Waals surface area contributed by atoms with E-state index in [2.05, 4.69) is 9.97 Å². The van der Waals surface area contributed by atoms with Gasteiger partial charge in [-0.05, 0) is 46.3 Å². The minimum absolute atomic E-state index is 0.0958. The van der Waals surface area contributed by atoms with Crippen molar-refractivity contribution in [2.75, 3.05) is 0 Å². The van der Waals surface area contributed by atoms with Crippen LogP contribution in [0.2, 0.25) is 0 Å². The summed E-state index contributed by atoms with van der Waals surface area (Å²) in [6.45, 7) is 1.47. The quantitative estimate of drug-likeness (QED) is 0.501. The molecule has 0 N–H and O–H groups in total. The summed E-state index contributed by atoms with van der Waals surface area (Å²) in [5.74, 6) is -1.05. The standard InChI is InChI=1S/C23H17F2N3/c24-21-9-17(18-5-1-3-15-11-26-8-6-19(15)18)10-22(25)20(21)13-28-12-16-4-2-7-27-23(16)14-28/h1-11H,12-14H2. The zero-order chi connectivity index (χ0) is 19.1. The van der Waals surface area contributed by atoms with Crippen LogP contribution in [-0.4, -0.2) is 14.9 Å². The molecule has 0 amide bonds. The van der Waals surface area contributed by atoms with E-state index in [1.165, 1.54) is 12.1 Å². The SMILES string of the molecule is Fc1cc(-c2cccc3cnccc23)cc(F)c1CN1Cc2cccnc2C1. The van der Waals surface area contributed by atoms with Crippen LogP contribution in [0.15, 0.2) is 67.1 Å². The normalized spacial score (nSPS) is 13.8. The van der Waals surface area contributed by atoms with Crippen LogP contribution in [0.4, 0.5) is 8.78 Å². The van der Waals surface area contributed by atoms with Gasteiger partial charge in [0.15, 0.2) is 0 Å². The molecule has 0 aliphatic carbocycles. The predicted octanol–water partition coefficient (Wildman–Crippen LogP) is 5.09. The van der Waals surface area contributed by atoms with Gasteiger partial charge >= 0.3 is 0 Å². The molecule has 0 saturated carbocycles. The number of halogens is 2. The summed E-state index contributed by atoms with van der Waals surface area (Å²) in [4.78, 5) is 10.5. The highest BCUT2D eigenvalue weighted by Crippen LogP contribution is 2.31. The van der Waals surface area contributed by atoms with Gasteiger partial charge in [0.2, 0.25) is 0 Å². The van der Waals surface area contributed by atoms with Crippen molar-refractivity contribution in [1.29, 1.82) is 0 Å². The molecule has 4 aromatic rings. The number of hydrogen-bond donors (Lipinski definition) is 0. The van der Waals surface area contributed by atoms with Crippen LogP contribution in [0.1, 0.15) is 16.8 Å². The van der Waals surface area contributed by atoms with Gasteiger partial charge in [-0.2, -0.15) is 0 Å². The van der Waals surface area contributed by atoms with E-state index in [1.54, 1.807) is 18.6 Å². The van der Waals surface area contributed by atoms with Crippen molar-refractivity contribution in [2.24, 2.45) is 0 Å². The lowest BCUT2D eigenvalue weighted by molar-refractivity contribution is 0.265. The van der Waals surface area contributed by atoms with Gasteiger partial charge in [-0.1, -0.05) is 24.3 Å². The number of aromatic nitrogens is 2. The Bertz CT molecular complexity index is 1140. The van der Waals surface area contributed by atoms with Crippen molar-refractivity contribution < 1.29 is 8.78 Å². The van der Waals surface area contributed by atoms with Crippen LogP contribution in [-0.2, 0) is 19.6 Å². The summed E-state index contributed by atoms with van der Waals surface area (Å²) in [5.41, 5.74) is 3.51. The van der Waals surface area contributed by atoms with E-state index in [1.807, 2.05) is 41.3 Å². The molecule has 0 fully saturated rings. The van der Waals surface area contributed by atoms with E-state index < -0.39 is 11.6 Å². The Balaban J connectivity index is 1.48. The van der Waals surface area contributed by atoms with Gasteiger partial charge in [-0.25, -0.2) is 8.78 Å². The first-order chi connectivity index (χ1) is 13.7. The summed E-state index contributed by atoms with van der Waals surface area (Å²) >= 11 is 0. The Morgan fingerprint density at radius 3 is 2.61 bits per heavy atom. The van der Waals surface area contributed by atoms with Gasteiger partial charge in [0.1, 0.15) is 11.6 Å². The predicted molar refractivity (Wildman–Crippen MR) is 104 cm³/mol. The molecule has 3 nitrogen and oxygen atoms in total. The van der Waals surface area contributed by atoms with Crippen molar-refractivity contribution in [1.82, 2.24) is 14.9 Å². The molecule has 0 atom stereocenters. The van der Waals surface area contributed by atoms with Crippen molar-refractivity contribution in [3.05, 3.63) is 95.6 Å². The fourth-order valence-corrected chi connectivity index (χ4v) is 3.89. The van der Waals surface area contributed by atoms with E-state index in [9.17, 15) is 8.78 Å². The smallest absolute Gasteiger partial charge is 0.131 e. The monoisotopic (exact) mass is 373 g/mol. The maximum Gasteiger partial charge on any atom is 0.131 e. The van der Waals surface area contributed by atoms with Gasteiger partial charge in [-0.15, -0.1) is 0 Å². The molecule has 1 aliphatic heterocycles. The lowest BCUT2D eigenvalue weighted by Gasteiger charge is -2.17. The first kappa shape index (κ1) is 17.0. The zero-order valence-corrected chi connectivity index (χ0v) is 15.1. The molecule has 1 aliphatic rings. The molecule has 0 unspecified atom stereocenters. The van der Waals surface area contributed by atoms with Crippen LogP contribution >= 0.6 is 0 Å². The van der Waals surface area contributed by atoms with E-state index in [-0.39, 0.29) is 12.1 Å². The van der Waals surface area contributed by atoms with Crippen LogP contribution in [0.25, 0.3) is 21.9 Å². The molecule has 0 bridgehead atoms. The Hall–Kier alpha value is -3.18. The van der Waals surface area contributed by atoms with Gasteiger partial charge in [0.05, 0.1) is 5.69 Å². The minimum Gasteiger partial charge on any atom is -0.289 e.